The molecule has 0 atom stereocenters. The Labute approximate surface area is 118 Å². The van der Waals surface area contributed by atoms with Crippen molar-refractivity contribution in [2.75, 3.05) is 7.11 Å². The molecule has 3 nitrogen and oxygen atoms in total. The lowest BCUT2D eigenvalue weighted by Crippen LogP contribution is -1.98. The number of methoxy groups -OCH3 is 1. The Morgan fingerprint density at radius 2 is 2.11 bits per heavy atom. The van der Waals surface area contributed by atoms with Crippen molar-refractivity contribution in [1.29, 1.82) is 0 Å². The number of hydrogen-bond donors (Lipinski definition) is 1. The summed E-state index contributed by atoms with van der Waals surface area (Å²) in [4.78, 5) is 1.12. The molecule has 5 heteroatoms. The van der Waals surface area contributed by atoms with Crippen molar-refractivity contribution in [1.82, 2.24) is 0 Å². The third-order valence-corrected chi connectivity index (χ3v) is 4.04. The predicted octanol–water partition coefficient (Wildman–Crippen LogP) is 3.59. The van der Waals surface area contributed by atoms with Gasteiger partial charge in [-0.1, -0.05) is 0 Å². The van der Waals surface area contributed by atoms with Gasteiger partial charge in [0.2, 0.25) is 0 Å². The van der Waals surface area contributed by atoms with Crippen LogP contribution in [0.2, 0.25) is 0 Å². The summed E-state index contributed by atoms with van der Waals surface area (Å²) >= 11 is 5.04. The highest BCUT2D eigenvalue weighted by atomic mass is 79.9. The molecule has 0 saturated heterocycles. The third-order valence-electron chi connectivity index (χ3n) is 2.44. The van der Waals surface area contributed by atoms with Gasteiger partial charge in [-0.15, -0.1) is 11.3 Å². The molecule has 0 bridgehead atoms. The van der Waals surface area contributed by atoms with Gasteiger partial charge in [-0.05, 0) is 40.2 Å². The monoisotopic (exact) mass is 328 g/mol. The van der Waals surface area contributed by atoms with Crippen molar-refractivity contribution in [3.8, 4) is 11.5 Å². The second kappa shape index (κ2) is 6.22. The summed E-state index contributed by atoms with van der Waals surface area (Å²) < 4.78 is 11.9. The van der Waals surface area contributed by atoms with Crippen LogP contribution in [0.3, 0.4) is 0 Å². The molecule has 0 aliphatic carbocycles. The molecule has 1 heterocycles. The van der Waals surface area contributed by atoms with Gasteiger partial charge in [0.1, 0.15) is 18.1 Å². The van der Waals surface area contributed by atoms with E-state index < -0.39 is 0 Å². The highest BCUT2D eigenvalue weighted by Gasteiger charge is 2.06. The summed E-state index contributed by atoms with van der Waals surface area (Å²) in [6.45, 7) is 0.434. The number of hydrogen-bond acceptors (Lipinski definition) is 4. The van der Waals surface area contributed by atoms with Gasteiger partial charge >= 0.3 is 0 Å². The van der Waals surface area contributed by atoms with Crippen molar-refractivity contribution in [2.45, 2.75) is 13.2 Å². The average Bonchev–Trinajstić information content (AvgIpc) is 2.81. The molecule has 2 rings (SSSR count). The van der Waals surface area contributed by atoms with Crippen LogP contribution in [0.15, 0.2) is 34.1 Å². The number of benzene rings is 1. The van der Waals surface area contributed by atoms with E-state index in [1.54, 1.807) is 36.6 Å². The van der Waals surface area contributed by atoms with Crippen molar-refractivity contribution < 1.29 is 14.6 Å². The minimum Gasteiger partial charge on any atom is -0.497 e. The summed E-state index contributed by atoms with van der Waals surface area (Å²) in [5, 5.41) is 9.26. The Balaban J connectivity index is 2.11. The van der Waals surface area contributed by atoms with Gasteiger partial charge in [-0.25, -0.2) is 0 Å². The molecule has 1 N–H and O–H groups in total. The summed E-state index contributed by atoms with van der Waals surface area (Å²) in [6, 6.07) is 9.39. The van der Waals surface area contributed by atoms with E-state index in [1.807, 2.05) is 12.1 Å². The van der Waals surface area contributed by atoms with E-state index >= 15 is 0 Å². The van der Waals surface area contributed by atoms with Crippen molar-refractivity contribution in [2.24, 2.45) is 0 Å². The zero-order chi connectivity index (χ0) is 13.0. The second-order valence-corrected chi connectivity index (χ2v) is 6.17. The van der Waals surface area contributed by atoms with Crippen molar-refractivity contribution in [3.05, 3.63) is 44.6 Å². The van der Waals surface area contributed by atoms with E-state index in [1.165, 1.54) is 0 Å². The molecule has 0 radical (unpaired) electrons. The Morgan fingerprint density at radius 1 is 1.28 bits per heavy atom. The SMILES string of the molecule is COc1ccc(CO)c(OCc2ccc(Br)s2)c1. The zero-order valence-electron chi connectivity index (χ0n) is 9.85. The molecule has 1 aromatic heterocycles. The molecular weight excluding hydrogens is 316 g/mol. The molecule has 0 spiro atoms. The fraction of sp³-hybridized carbons (Fsp3) is 0.231. The molecule has 0 aliphatic heterocycles. The zero-order valence-corrected chi connectivity index (χ0v) is 12.3. The largest absolute Gasteiger partial charge is 0.497 e. The highest BCUT2D eigenvalue weighted by molar-refractivity contribution is 9.11. The Morgan fingerprint density at radius 3 is 2.72 bits per heavy atom. The van der Waals surface area contributed by atoms with E-state index in [0.29, 0.717) is 12.4 Å². The lowest BCUT2D eigenvalue weighted by Gasteiger charge is -2.10. The maximum absolute atomic E-state index is 9.26. The lowest BCUT2D eigenvalue weighted by atomic mass is 10.2. The molecule has 0 unspecified atom stereocenters. The van der Waals surface area contributed by atoms with E-state index in [0.717, 1.165) is 20.0 Å². The predicted molar refractivity (Wildman–Crippen MR) is 75.3 cm³/mol. The maximum Gasteiger partial charge on any atom is 0.129 e. The molecule has 2 aromatic rings. The minimum absolute atomic E-state index is 0.0482. The maximum atomic E-state index is 9.26. The molecule has 18 heavy (non-hydrogen) atoms. The molecule has 96 valence electrons. The number of thiophene rings is 1. The fourth-order valence-corrected chi connectivity index (χ4v) is 2.90. The van der Waals surface area contributed by atoms with Crippen LogP contribution in [0.1, 0.15) is 10.4 Å². The van der Waals surface area contributed by atoms with Crippen LogP contribution in [0, 0.1) is 0 Å². The molecule has 1 aromatic carbocycles. The number of halogens is 1. The molecule has 0 aliphatic rings. The normalized spacial score (nSPS) is 10.4. The first-order valence-electron chi connectivity index (χ1n) is 5.37. The number of aliphatic hydroxyl groups excluding tert-OH is 1. The Hall–Kier alpha value is -1.04. The Bertz CT molecular complexity index is 525. The standard InChI is InChI=1S/C13H13BrO3S/c1-16-10-3-2-9(7-15)12(6-10)17-8-11-4-5-13(14)18-11/h2-6,15H,7-8H2,1H3. The number of aliphatic hydroxyl groups is 1. The van der Waals surface area contributed by atoms with Crippen LogP contribution < -0.4 is 9.47 Å². The van der Waals surface area contributed by atoms with Crippen LogP contribution >= 0.6 is 27.3 Å². The van der Waals surface area contributed by atoms with Gasteiger partial charge in [0.05, 0.1) is 17.5 Å². The van der Waals surface area contributed by atoms with Gasteiger partial charge < -0.3 is 14.6 Å². The third kappa shape index (κ3) is 3.25. The van der Waals surface area contributed by atoms with E-state index in [9.17, 15) is 5.11 Å². The van der Waals surface area contributed by atoms with Gasteiger partial charge in [-0.2, -0.15) is 0 Å². The lowest BCUT2D eigenvalue weighted by molar-refractivity contribution is 0.259. The van der Waals surface area contributed by atoms with Crippen molar-refractivity contribution >= 4 is 27.3 Å². The first-order valence-corrected chi connectivity index (χ1v) is 6.98. The summed E-state index contributed by atoms with van der Waals surface area (Å²) in [7, 11) is 1.61. The van der Waals surface area contributed by atoms with Crippen LogP contribution in [-0.4, -0.2) is 12.2 Å². The van der Waals surface area contributed by atoms with Crippen LogP contribution in [0.5, 0.6) is 11.5 Å². The van der Waals surface area contributed by atoms with Crippen LogP contribution in [0.25, 0.3) is 0 Å². The van der Waals surface area contributed by atoms with Crippen LogP contribution in [0.4, 0.5) is 0 Å². The van der Waals surface area contributed by atoms with Gasteiger partial charge in [0.15, 0.2) is 0 Å². The minimum atomic E-state index is -0.0482. The second-order valence-electron chi connectivity index (χ2n) is 3.63. The topological polar surface area (TPSA) is 38.7 Å². The summed E-state index contributed by atoms with van der Waals surface area (Å²) in [5.41, 5.74) is 0.756. The molecule has 0 saturated carbocycles. The van der Waals surface area contributed by atoms with Gasteiger partial charge in [0, 0.05) is 16.5 Å². The van der Waals surface area contributed by atoms with E-state index in [-0.39, 0.29) is 6.61 Å². The van der Waals surface area contributed by atoms with Gasteiger partial charge in [-0.3, -0.25) is 0 Å². The average molecular weight is 329 g/mol. The number of ether oxygens (including phenoxy) is 2. The molecule has 0 amide bonds. The fourth-order valence-electron chi connectivity index (χ4n) is 1.51. The first kappa shape index (κ1) is 13.4. The highest BCUT2D eigenvalue weighted by Crippen LogP contribution is 2.27. The number of rotatable bonds is 5. The van der Waals surface area contributed by atoms with E-state index in [4.69, 9.17) is 9.47 Å². The van der Waals surface area contributed by atoms with Gasteiger partial charge in [0.25, 0.3) is 0 Å². The smallest absolute Gasteiger partial charge is 0.129 e. The molecular formula is C13H13BrO3S. The van der Waals surface area contributed by atoms with Crippen LogP contribution in [-0.2, 0) is 13.2 Å². The van der Waals surface area contributed by atoms with E-state index in [2.05, 4.69) is 15.9 Å². The summed E-state index contributed by atoms with van der Waals surface area (Å²) in [5.74, 6) is 1.37. The summed E-state index contributed by atoms with van der Waals surface area (Å²) in [6.07, 6.45) is 0. The Kier molecular flexibility index (Phi) is 4.63. The van der Waals surface area contributed by atoms with Crippen molar-refractivity contribution in [3.63, 3.8) is 0 Å². The first-order chi connectivity index (χ1) is 8.72. The quantitative estimate of drug-likeness (QED) is 0.911. The molecule has 0 fully saturated rings.